The second kappa shape index (κ2) is 8.49. The molecule has 0 aromatic heterocycles. The van der Waals surface area contributed by atoms with E-state index < -0.39 is 5.82 Å². The van der Waals surface area contributed by atoms with Crippen LogP contribution in [0, 0.1) is 9.39 Å². The van der Waals surface area contributed by atoms with E-state index >= 15 is 0 Å². The first kappa shape index (κ1) is 19.3. The van der Waals surface area contributed by atoms with E-state index in [9.17, 15) is 14.0 Å². The van der Waals surface area contributed by atoms with E-state index in [1.54, 1.807) is 36.4 Å². The molecule has 0 heterocycles. The normalized spacial score (nSPS) is 10.3. The van der Waals surface area contributed by atoms with Gasteiger partial charge in [0, 0.05) is 20.5 Å². The summed E-state index contributed by atoms with van der Waals surface area (Å²) in [6.45, 7) is 0. The van der Waals surface area contributed by atoms with E-state index in [0.29, 0.717) is 27.5 Å². The topological polar surface area (TPSA) is 58.2 Å². The number of carbonyl (C=O) groups excluding carboxylic acids is 2. The van der Waals surface area contributed by atoms with Gasteiger partial charge in [-0.2, -0.15) is 0 Å². The first-order chi connectivity index (χ1) is 12.9. The first-order valence-corrected chi connectivity index (χ1v) is 9.31. The molecule has 0 aliphatic rings. The van der Waals surface area contributed by atoms with Crippen molar-refractivity contribution in [1.29, 1.82) is 0 Å². The van der Waals surface area contributed by atoms with Gasteiger partial charge in [-0.3, -0.25) is 9.59 Å². The van der Waals surface area contributed by atoms with Crippen molar-refractivity contribution in [2.75, 3.05) is 10.6 Å². The standard InChI is InChI=1S/C20H13ClFIN2O2/c21-18-9-8-14(23)10-17(18)20(27)25-16-3-1-2-15(11-16)24-19(26)12-4-6-13(22)7-5-12/h1-11H,(H,24,26)(H,25,27). The molecule has 27 heavy (non-hydrogen) atoms. The zero-order valence-corrected chi connectivity index (χ0v) is 16.7. The lowest BCUT2D eigenvalue weighted by Gasteiger charge is -2.10. The molecule has 0 radical (unpaired) electrons. The number of anilines is 2. The molecule has 2 N–H and O–H groups in total. The van der Waals surface area contributed by atoms with Gasteiger partial charge in [-0.05, 0) is 83.3 Å². The number of hydrogen-bond donors (Lipinski definition) is 2. The Kier molecular flexibility index (Phi) is 6.08. The molecule has 0 unspecified atom stereocenters. The van der Waals surface area contributed by atoms with Gasteiger partial charge in [0.25, 0.3) is 11.8 Å². The van der Waals surface area contributed by atoms with Crippen LogP contribution in [0.2, 0.25) is 5.02 Å². The summed E-state index contributed by atoms with van der Waals surface area (Å²) in [6, 6.07) is 17.1. The average Bonchev–Trinajstić information content (AvgIpc) is 2.64. The Bertz CT molecular complexity index is 1010. The Morgan fingerprint density at radius 3 is 2.15 bits per heavy atom. The largest absolute Gasteiger partial charge is 0.322 e. The van der Waals surface area contributed by atoms with E-state index in [1.165, 1.54) is 24.3 Å². The summed E-state index contributed by atoms with van der Waals surface area (Å²) in [5.74, 6) is -1.13. The maximum absolute atomic E-state index is 13.0. The summed E-state index contributed by atoms with van der Waals surface area (Å²) in [4.78, 5) is 24.7. The van der Waals surface area contributed by atoms with Crippen molar-refractivity contribution in [3.05, 3.63) is 92.3 Å². The van der Waals surface area contributed by atoms with Crippen LogP contribution in [0.25, 0.3) is 0 Å². The van der Waals surface area contributed by atoms with Crippen molar-refractivity contribution in [1.82, 2.24) is 0 Å². The lowest BCUT2D eigenvalue weighted by Crippen LogP contribution is -2.14. The fourth-order valence-corrected chi connectivity index (χ4v) is 3.04. The zero-order chi connectivity index (χ0) is 19.4. The van der Waals surface area contributed by atoms with E-state index in [2.05, 4.69) is 33.2 Å². The van der Waals surface area contributed by atoms with Crippen LogP contribution < -0.4 is 10.6 Å². The summed E-state index contributed by atoms with van der Waals surface area (Å²) in [5.41, 5.74) is 1.70. The van der Waals surface area contributed by atoms with Crippen molar-refractivity contribution >= 4 is 57.4 Å². The molecule has 0 bridgehead atoms. The lowest BCUT2D eigenvalue weighted by atomic mass is 10.2. The van der Waals surface area contributed by atoms with Crippen LogP contribution in [0.1, 0.15) is 20.7 Å². The lowest BCUT2D eigenvalue weighted by molar-refractivity contribution is 0.101. The van der Waals surface area contributed by atoms with E-state index in [4.69, 9.17) is 11.6 Å². The van der Waals surface area contributed by atoms with Crippen molar-refractivity contribution in [2.45, 2.75) is 0 Å². The van der Waals surface area contributed by atoms with E-state index in [-0.39, 0.29) is 11.8 Å². The molecular weight excluding hydrogens is 482 g/mol. The first-order valence-electron chi connectivity index (χ1n) is 7.86. The van der Waals surface area contributed by atoms with Gasteiger partial charge in [-0.15, -0.1) is 0 Å². The number of nitrogens with one attached hydrogen (secondary N) is 2. The maximum Gasteiger partial charge on any atom is 0.257 e. The van der Waals surface area contributed by atoms with Gasteiger partial charge in [0.05, 0.1) is 10.6 Å². The number of hydrogen-bond acceptors (Lipinski definition) is 2. The predicted molar refractivity (Wildman–Crippen MR) is 113 cm³/mol. The van der Waals surface area contributed by atoms with Crippen LogP contribution in [0.5, 0.6) is 0 Å². The molecule has 4 nitrogen and oxygen atoms in total. The van der Waals surface area contributed by atoms with Gasteiger partial charge in [0.2, 0.25) is 0 Å². The second-order valence-corrected chi connectivity index (χ2v) is 7.27. The molecule has 136 valence electrons. The molecule has 0 saturated carbocycles. The number of benzene rings is 3. The Labute approximate surface area is 173 Å². The highest BCUT2D eigenvalue weighted by molar-refractivity contribution is 14.1. The fraction of sp³-hybridized carbons (Fsp3) is 0. The molecule has 0 atom stereocenters. The zero-order valence-electron chi connectivity index (χ0n) is 13.8. The van der Waals surface area contributed by atoms with Crippen LogP contribution in [0.4, 0.5) is 15.8 Å². The molecule has 0 aliphatic carbocycles. The van der Waals surface area contributed by atoms with Gasteiger partial charge in [-0.1, -0.05) is 17.7 Å². The van der Waals surface area contributed by atoms with E-state index in [1.807, 2.05) is 6.07 Å². The fourth-order valence-electron chi connectivity index (χ4n) is 2.35. The minimum atomic E-state index is -0.412. The molecule has 2 amide bonds. The molecule has 3 aromatic rings. The third-order valence-electron chi connectivity index (χ3n) is 3.66. The number of amides is 2. The number of rotatable bonds is 4. The second-order valence-electron chi connectivity index (χ2n) is 5.62. The van der Waals surface area contributed by atoms with Gasteiger partial charge < -0.3 is 10.6 Å². The smallest absolute Gasteiger partial charge is 0.257 e. The third-order valence-corrected chi connectivity index (χ3v) is 4.66. The molecule has 0 fully saturated rings. The third kappa shape index (κ3) is 5.05. The Hall–Kier alpha value is -2.45. The van der Waals surface area contributed by atoms with Gasteiger partial charge in [0.15, 0.2) is 0 Å². The molecular formula is C20H13ClFIN2O2. The quantitative estimate of drug-likeness (QED) is 0.465. The monoisotopic (exact) mass is 494 g/mol. The van der Waals surface area contributed by atoms with Crippen molar-refractivity contribution in [3.8, 4) is 0 Å². The van der Waals surface area contributed by atoms with Crippen LogP contribution in [0.3, 0.4) is 0 Å². The highest BCUT2D eigenvalue weighted by atomic mass is 127. The van der Waals surface area contributed by atoms with Crippen LogP contribution >= 0.6 is 34.2 Å². The highest BCUT2D eigenvalue weighted by Gasteiger charge is 2.12. The Morgan fingerprint density at radius 2 is 1.48 bits per heavy atom. The SMILES string of the molecule is O=C(Nc1cccc(NC(=O)c2cc(I)ccc2Cl)c1)c1ccc(F)cc1. The van der Waals surface area contributed by atoms with Crippen LogP contribution in [0.15, 0.2) is 66.7 Å². The maximum atomic E-state index is 13.0. The van der Waals surface area contributed by atoms with Crippen molar-refractivity contribution < 1.29 is 14.0 Å². The molecule has 3 aromatic carbocycles. The van der Waals surface area contributed by atoms with Gasteiger partial charge in [-0.25, -0.2) is 4.39 Å². The summed E-state index contributed by atoms with van der Waals surface area (Å²) in [7, 11) is 0. The van der Waals surface area contributed by atoms with Crippen molar-refractivity contribution in [3.63, 3.8) is 0 Å². The van der Waals surface area contributed by atoms with E-state index in [0.717, 1.165) is 3.57 Å². The molecule has 7 heteroatoms. The predicted octanol–water partition coefficient (Wildman–Crippen LogP) is 5.59. The Morgan fingerprint density at radius 1 is 0.852 bits per heavy atom. The summed E-state index contributed by atoms with van der Waals surface area (Å²) in [6.07, 6.45) is 0. The van der Waals surface area contributed by atoms with Crippen molar-refractivity contribution in [2.24, 2.45) is 0 Å². The highest BCUT2D eigenvalue weighted by Crippen LogP contribution is 2.22. The van der Waals surface area contributed by atoms with Crippen LogP contribution in [-0.4, -0.2) is 11.8 Å². The Balaban J connectivity index is 1.73. The van der Waals surface area contributed by atoms with Gasteiger partial charge >= 0.3 is 0 Å². The number of halogens is 3. The minimum absolute atomic E-state index is 0.330. The summed E-state index contributed by atoms with van der Waals surface area (Å²) in [5, 5.41) is 5.83. The molecule has 0 spiro atoms. The molecule has 0 saturated heterocycles. The molecule has 3 rings (SSSR count). The summed E-state index contributed by atoms with van der Waals surface area (Å²) >= 11 is 8.19. The minimum Gasteiger partial charge on any atom is -0.322 e. The summed E-state index contributed by atoms with van der Waals surface area (Å²) < 4.78 is 13.9. The number of carbonyl (C=O) groups is 2. The van der Waals surface area contributed by atoms with Crippen LogP contribution in [-0.2, 0) is 0 Å². The molecule has 0 aliphatic heterocycles. The average molecular weight is 495 g/mol. The van der Waals surface area contributed by atoms with Gasteiger partial charge in [0.1, 0.15) is 5.82 Å².